The summed E-state index contributed by atoms with van der Waals surface area (Å²) in [4.78, 5) is 7.44. The number of likely N-dealkylation sites (N-methyl/N-ethyl adjacent to an activating group) is 1. The number of benzene rings is 1. The van der Waals surface area contributed by atoms with Crippen molar-refractivity contribution in [2.75, 3.05) is 33.9 Å². The first-order chi connectivity index (χ1) is 14.0. The molecule has 5 fully saturated rings. The number of hydrogen-bond acceptors (Lipinski definition) is 8. The summed E-state index contributed by atoms with van der Waals surface area (Å²) in [6.07, 6.45) is 1.14. The number of hydrogen-bond donors (Lipinski definition) is 2. The first-order valence-corrected chi connectivity index (χ1v) is 10.6. The maximum atomic E-state index is 11.3. The molecule has 29 heavy (non-hydrogen) atoms. The first kappa shape index (κ1) is 17.1. The van der Waals surface area contributed by atoms with Gasteiger partial charge in [0.15, 0.2) is 11.5 Å². The largest absolute Gasteiger partial charge is 0.507 e. The van der Waals surface area contributed by atoms with E-state index in [-0.39, 0.29) is 42.1 Å². The second-order valence-corrected chi connectivity index (χ2v) is 9.43. The van der Waals surface area contributed by atoms with Crippen molar-refractivity contribution >= 4 is 0 Å². The van der Waals surface area contributed by atoms with Gasteiger partial charge in [-0.2, -0.15) is 0 Å². The Morgan fingerprint density at radius 3 is 2.69 bits per heavy atom. The van der Waals surface area contributed by atoms with E-state index in [0.29, 0.717) is 42.5 Å². The SMILES string of the molecule is COc1c(C)c(O)c2c(c1O)[C@@H]1CO[C@@H]3[C@@H]4C[C@H]5[C@@H]([C@H]([C@@H]2N2CCO[C@H]52)N31)N4C. The van der Waals surface area contributed by atoms with E-state index in [9.17, 15) is 10.2 Å². The lowest BCUT2D eigenvalue weighted by Crippen LogP contribution is -2.71. The van der Waals surface area contributed by atoms with Crippen LogP contribution in [0.25, 0.3) is 0 Å². The molecule has 8 heteroatoms. The first-order valence-electron chi connectivity index (χ1n) is 10.6. The van der Waals surface area contributed by atoms with Crippen LogP contribution >= 0.6 is 0 Å². The van der Waals surface area contributed by atoms with Gasteiger partial charge in [-0.05, 0) is 20.4 Å². The zero-order valence-corrected chi connectivity index (χ0v) is 16.9. The lowest BCUT2D eigenvalue weighted by molar-refractivity contribution is -0.165. The normalized spacial score (nSPS) is 44.8. The predicted molar refractivity (Wildman–Crippen MR) is 102 cm³/mol. The number of phenols is 2. The minimum Gasteiger partial charge on any atom is -0.507 e. The van der Waals surface area contributed by atoms with Crippen molar-refractivity contribution in [3.63, 3.8) is 0 Å². The van der Waals surface area contributed by atoms with E-state index in [2.05, 4.69) is 21.7 Å². The van der Waals surface area contributed by atoms with Crippen molar-refractivity contribution < 1.29 is 24.4 Å². The van der Waals surface area contributed by atoms with Crippen LogP contribution in [-0.2, 0) is 9.47 Å². The van der Waals surface area contributed by atoms with Crippen LogP contribution in [0.5, 0.6) is 17.2 Å². The second kappa shape index (κ2) is 5.36. The Hall–Kier alpha value is -1.58. The van der Waals surface area contributed by atoms with Gasteiger partial charge in [0.2, 0.25) is 0 Å². The highest BCUT2D eigenvalue weighted by molar-refractivity contribution is 5.65. The molecule has 8 atom stereocenters. The maximum absolute atomic E-state index is 11.3. The van der Waals surface area contributed by atoms with Crippen molar-refractivity contribution in [1.82, 2.24) is 14.7 Å². The Labute approximate surface area is 169 Å². The molecule has 8 nitrogen and oxygen atoms in total. The number of phenolic OH excluding ortho intramolecular Hbond substituents is 2. The van der Waals surface area contributed by atoms with Gasteiger partial charge in [0.05, 0.1) is 38.4 Å². The molecule has 1 aromatic rings. The van der Waals surface area contributed by atoms with Crippen LogP contribution in [0.1, 0.15) is 35.2 Å². The minimum absolute atomic E-state index is 0.0146. The van der Waals surface area contributed by atoms with Crippen molar-refractivity contribution in [1.29, 1.82) is 0 Å². The fraction of sp³-hybridized carbons (Fsp3) is 0.714. The topological polar surface area (TPSA) is 77.9 Å². The molecule has 0 amide bonds. The number of nitrogens with zero attached hydrogens (tertiary/aromatic N) is 3. The Morgan fingerprint density at radius 1 is 1.07 bits per heavy atom. The summed E-state index contributed by atoms with van der Waals surface area (Å²) in [5.74, 6) is 1.20. The fourth-order valence-corrected chi connectivity index (χ4v) is 7.64. The molecule has 0 saturated carbocycles. The molecule has 7 rings (SSSR count). The van der Waals surface area contributed by atoms with E-state index in [1.54, 1.807) is 7.11 Å². The summed E-state index contributed by atoms with van der Waals surface area (Å²) < 4.78 is 18.1. The summed E-state index contributed by atoms with van der Waals surface area (Å²) in [6, 6.07) is 0.817. The summed E-state index contributed by atoms with van der Waals surface area (Å²) in [6.45, 7) is 3.91. The highest BCUT2D eigenvalue weighted by Crippen LogP contribution is 2.63. The monoisotopic (exact) mass is 401 g/mol. The average Bonchev–Trinajstić information content (AvgIpc) is 3.40. The number of rotatable bonds is 1. The molecule has 6 heterocycles. The van der Waals surface area contributed by atoms with Gasteiger partial charge in [0.25, 0.3) is 0 Å². The van der Waals surface area contributed by atoms with Crippen molar-refractivity contribution in [3.05, 3.63) is 16.7 Å². The summed E-state index contributed by atoms with van der Waals surface area (Å²) in [5, 5.41) is 22.6. The zero-order chi connectivity index (χ0) is 19.8. The second-order valence-electron chi connectivity index (χ2n) is 9.43. The van der Waals surface area contributed by atoms with E-state index < -0.39 is 0 Å². The van der Waals surface area contributed by atoms with Crippen LogP contribution in [0.2, 0.25) is 0 Å². The lowest BCUT2D eigenvalue weighted by Gasteiger charge is -2.59. The summed E-state index contributed by atoms with van der Waals surface area (Å²) in [7, 11) is 3.76. The van der Waals surface area contributed by atoms with Crippen LogP contribution < -0.4 is 4.74 Å². The smallest absolute Gasteiger partial charge is 0.167 e. The number of piperazine rings is 1. The van der Waals surface area contributed by atoms with Gasteiger partial charge in [-0.15, -0.1) is 0 Å². The maximum Gasteiger partial charge on any atom is 0.167 e. The molecule has 6 aliphatic rings. The van der Waals surface area contributed by atoms with E-state index in [0.717, 1.165) is 24.1 Å². The average molecular weight is 401 g/mol. The van der Waals surface area contributed by atoms with Crippen LogP contribution in [0.4, 0.5) is 0 Å². The van der Waals surface area contributed by atoms with Gasteiger partial charge in [0, 0.05) is 41.2 Å². The molecule has 1 aromatic carbocycles. The number of aromatic hydroxyl groups is 2. The molecule has 0 radical (unpaired) electrons. The molecule has 156 valence electrons. The van der Waals surface area contributed by atoms with Crippen molar-refractivity contribution in [2.24, 2.45) is 5.92 Å². The summed E-state index contributed by atoms with van der Waals surface area (Å²) >= 11 is 0. The third kappa shape index (κ3) is 1.73. The third-order valence-corrected chi connectivity index (χ3v) is 8.60. The van der Waals surface area contributed by atoms with Crippen LogP contribution in [0, 0.1) is 12.8 Å². The molecule has 0 aliphatic carbocycles. The lowest BCUT2D eigenvalue weighted by atomic mass is 9.73. The van der Waals surface area contributed by atoms with Gasteiger partial charge in [-0.25, -0.2) is 0 Å². The van der Waals surface area contributed by atoms with Crippen LogP contribution in [-0.4, -0.2) is 89.4 Å². The van der Waals surface area contributed by atoms with Crippen molar-refractivity contribution in [3.8, 4) is 17.2 Å². The molecule has 0 spiro atoms. The van der Waals surface area contributed by atoms with Gasteiger partial charge in [-0.1, -0.05) is 0 Å². The molecule has 2 N–H and O–H groups in total. The number of methoxy groups -OCH3 is 1. The van der Waals surface area contributed by atoms with Crippen molar-refractivity contribution in [2.45, 2.75) is 56.0 Å². The molecule has 6 aliphatic heterocycles. The number of fused-ring (bicyclic) bond motifs is 8. The van der Waals surface area contributed by atoms with E-state index >= 15 is 0 Å². The number of piperidine rings is 1. The van der Waals surface area contributed by atoms with Gasteiger partial charge < -0.3 is 24.4 Å². The minimum atomic E-state index is -0.0610. The molecule has 5 saturated heterocycles. The molecule has 2 bridgehead atoms. The quantitative estimate of drug-likeness (QED) is 0.673. The molecule has 0 unspecified atom stereocenters. The van der Waals surface area contributed by atoms with E-state index in [1.165, 1.54) is 0 Å². The predicted octanol–water partition coefficient (Wildman–Crippen LogP) is 0.912. The Kier molecular flexibility index (Phi) is 3.17. The Morgan fingerprint density at radius 2 is 1.90 bits per heavy atom. The fourth-order valence-electron chi connectivity index (χ4n) is 7.64. The highest BCUT2D eigenvalue weighted by atomic mass is 16.5. The van der Waals surface area contributed by atoms with Gasteiger partial charge in [0.1, 0.15) is 18.2 Å². The molecule has 0 aromatic heterocycles. The summed E-state index contributed by atoms with van der Waals surface area (Å²) in [5.41, 5.74) is 2.23. The Bertz CT molecular complexity index is 924. The standard InChI is InChI=1S/C21H27N3O5/c1-8-17(25)13-12(18(26)19(8)27-3)11-7-29-21-10-6-9-14(22(10)2)16(24(11)21)15(13)23-4-5-28-20(9)23/h9-11,14-16,20-21,25-26H,4-7H2,1-3H3/t9-,10-,11-,14-,15+,16+,20+,21+/m0/s1. The van der Waals surface area contributed by atoms with Crippen LogP contribution in [0.3, 0.4) is 0 Å². The third-order valence-electron chi connectivity index (χ3n) is 8.60. The van der Waals surface area contributed by atoms with E-state index in [1.807, 2.05) is 6.92 Å². The Balaban J connectivity index is 1.54. The van der Waals surface area contributed by atoms with Crippen LogP contribution in [0.15, 0.2) is 0 Å². The molecular weight excluding hydrogens is 374 g/mol. The van der Waals surface area contributed by atoms with E-state index in [4.69, 9.17) is 14.2 Å². The van der Waals surface area contributed by atoms with Gasteiger partial charge in [-0.3, -0.25) is 14.7 Å². The molecular formula is C21H27N3O5. The highest BCUT2D eigenvalue weighted by Gasteiger charge is 2.69. The zero-order valence-electron chi connectivity index (χ0n) is 16.9. The number of ether oxygens (including phenoxy) is 3. The van der Waals surface area contributed by atoms with Gasteiger partial charge >= 0.3 is 0 Å².